The molecule has 11 heteroatoms. The Bertz CT molecular complexity index is 1380. The van der Waals surface area contributed by atoms with E-state index in [1.165, 1.54) is 29.4 Å². The highest BCUT2D eigenvalue weighted by atomic mass is 19.4. The van der Waals surface area contributed by atoms with Gasteiger partial charge >= 0.3 is 6.18 Å². The molecule has 3 heterocycles. The molecule has 1 aromatic carbocycles. The van der Waals surface area contributed by atoms with Crippen molar-refractivity contribution in [1.82, 2.24) is 24.8 Å². The number of hydrogen-bond acceptors (Lipinski definition) is 6. The van der Waals surface area contributed by atoms with Crippen LogP contribution in [0.4, 0.5) is 23.4 Å². The molecule has 35 heavy (non-hydrogen) atoms. The largest absolute Gasteiger partial charge is 0.417 e. The van der Waals surface area contributed by atoms with Crippen LogP contribution in [-0.4, -0.2) is 30.7 Å². The summed E-state index contributed by atoms with van der Waals surface area (Å²) in [5.41, 5.74) is 5.79. The van der Waals surface area contributed by atoms with Gasteiger partial charge in [-0.05, 0) is 49.7 Å². The summed E-state index contributed by atoms with van der Waals surface area (Å²) in [6.45, 7) is 3.18. The number of fused-ring (bicyclic) bond motifs is 1. The number of benzene rings is 1. The van der Waals surface area contributed by atoms with Crippen LogP contribution in [0.1, 0.15) is 46.0 Å². The summed E-state index contributed by atoms with van der Waals surface area (Å²) in [4.78, 5) is 31.2. The van der Waals surface area contributed by atoms with Crippen molar-refractivity contribution in [3.63, 3.8) is 0 Å². The molecule has 0 fully saturated rings. The van der Waals surface area contributed by atoms with Crippen molar-refractivity contribution in [2.45, 2.75) is 32.6 Å². The Balaban J connectivity index is 1.75. The van der Waals surface area contributed by atoms with Crippen LogP contribution in [-0.2, 0) is 12.7 Å². The number of halogens is 4. The second-order valence-corrected chi connectivity index (χ2v) is 7.97. The number of pyridine rings is 2. The minimum Gasteiger partial charge on any atom is -0.383 e. The first-order valence-electron chi connectivity index (χ1n) is 10.5. The molecule has 4 aromatic rings. The first-order chi connectivity index (χ1) is 16.5. The molecule has 0 saturated carbocycles. The summed E-state index contributed by atoms with van der Waals surface area (Å²) in [6, 6.07) is 7.10. The summed E-state index contributed by atoms with van der Waals surface area (Å²) in [5.74, 6) is -0.995. The van der Waals surface area contributed by atoms with Crippen molar-refractivity contribution in [1.29, 1.82) is 0 Å². The average Bonchev–Trinajstić information content (AvgIpc) is 2.83. The number of hydrogen-bond donors (Lipinski definition) is 1. The number of carbonyl (C=O) groups excluding carboxylic acids is 1. The lowest BCUT2D eigenvalue weighted by Gasteiger charge is -2.28. The van der Waals surface area contributed by atoms with Crippen molar-refractivity contribution in [3.8, 4) is 0 Å². The van der Waals surface area contributed by atoms with E-state index >= 15 is 4.39 Å². The normalized spacial score (nSPS) is 12.5. The summed E-state index contributed by atoms with van der Waals surface area (Å²) in [7, 11) is 0. The number of aromatic nitrogens is 4. The quantitative estimate of drug-likeness (QED) is 0.406. The molecule has 2 N–H and O–H groups in total. The topological polar surface area (TPSA) is 97.9 Å². The molecule has 0 bridgehead atoms. The second kappa shape index (κ2) is 9.24. The molecule has 4 rings (SSSR count). The van der Waals surface area contributed by atoms with Crippen LogP contribution in [0.3, 0.4) is 0 Å². The van der Waals surface area contributed by atoms with Gasteiger partial charge in [0.2, 0.25) is 0 Å². The van der Waals surface area contributed by atoms with Crippen LogP contribution in [0.25, 0.3) is 10.9 Å². The number of nitrogens with two attached hydrogens (primary N) is 1. The Kier molecular flexibility index (Phi) is 6.33. The third-order valence-electron chi connectivity index (χ3n) is 5.54. The van der Waals surface area contributed by atoms with Gasteiger partial charge in [0, 0.05) is 30.0 Å². The lowest BCUT2D eigenvalue weighted by Crippen LogP contribution is -2.35. The SMILES string of the molecule is Cc1cc2cc(C(=O)N(Cc3ccc(C(F)(F)F)cn3)C(C)c3ncccn3)c(F)cc2nc1N. The zero-order valence-corrected chi connectivity index (χ0v) is 18.7. The summed E-state index contributed by atoms with van der Waals surface area (Å²) < 4.78 is 53.8. The molecule has 1 atom stereocenters. The highest BCUT2D eigenvalue weighted by molar-refractivity contribution is 5.98. The molecule has 180 valence electrons. The van der Waals surface area contributed by atoms with Gasteiger partial charge < -0.3 is 10.6 Å². The van der Waals surface area contributed by atoms with Gasteiger partial charge in [-0.25, -0.2) is 19.3 Å². The molecular weight excluding hydrogens is 464 g/mol. The molecule has 0 saturated heterocycles. The standard InChI is InChI=1S/C24H20F4N6O/c1-13-8-15-9-18(19(25)10-20(15)33-21(13)29)23(35)34(14(2)22-30-6-3-7-31-22)12-17-5-4-16(11-32-17)24(26,27)28/h3-11,14H,12H2,1-2H3,(H2,29,33). The van der Waals surface area contributed by atoms with Crippen LogP contribution < -0.4 is 5.73 Å². The molecule has 0 spiro atoms. The monoisotopic (exact) mass is 484 g/mol. The van der Waals surface area contributed by atoms with E-state index in [0.717, 1.165) is 12.1 Å². The van der Waals surface area contributed by atoms with Crippen LogP contribution in [0, 0.1) is 12.7 Å². The maximum absolute atomic E-state index is 15.1. The second-order valence-electron chi connectivity index (χ2n) is 7.97. The number of amides is 1. The molecule has 0 radical (unpaired) electrons. The Morgan fingerprint density at radius 3 is 2.46 bits per heavy atom. The van der Waals surface area contributed by atoms with Crippen LogP contribution in [0.15, 0.2) is 55.0 Å². The number of alkyl halides is 3. The van der Waals surface area contributed by atoms with Gasteiger partial charge in [-0.15, -0.1) is 0 Å². The number of rotatable bonds is 5. The van der Waals surface area contributed by atoms with E-state index in [1.54, 1.807) is 26.0 Å². The fourth-order valence-corrected chi connectivity index (χ4v) is 3.55. The van der Waals surface area contributed by atoms with Crippen molar-refractivity contribution < 1.29 is 22.4 Å². The fourth-order valence-electron chi connectivity index (χ4n) is 3.55. The summed E-state index contributed by atoms with van der Waals surface area (Å²) >= 11 is 0. The van der Waals surface area contributed by atoms with E-state index in [4.69, 9.17) is 5.73 Å². The number of carbonyl (C=O) groups is 1. The van der Waals surface area contributed by atoms with Crippen molar-refractivity contribution in [2.24, 2.45) is 0 Å². The van der Waals surface area contributed by atoms with Crippen LogP contribution >= 0.6 is 0 Å². The fraction of sp³-hybridized carbons (Fsp3) is 0.208. The molecule has 1 unspecified atom stereocenters. The zero-order valence-electron chi connectivity index (χ0n) is 18.7. The summed E-state index contributed by atoms with van der Waals surface area (Å²) in [6.07, 6.45) is -0.867. The first-order valence-corrected chi connectivity index (χ1v) is 10.5. The molecule has 0 aliphatic carbocycles. The Morgan fingerprint density at radius 2 is 1.83 bits per heavy atom. The maximum atomic E-state index is 15.1. The van der Waals surface area contributed by atoms with Crippen molar-refractivity contribution in [2.75, 3.05) is 5.73 Å². The number of nitrogens with zero attached hydrogens (tertiary/aromatic N) is 5. The lowest BCUT2D eigenvalue weighted by atomic mass is 10.1. The number of nitrogen functional groups attached to an aromatic ring is 1. The van der Waals surface area contributed by atoms with E-state index in [1.807, 2.05) is 0 Å². The predicted octanol–water partition coefficient (Wildman–Crippen LogP) is 4.87. The van der Waals surface area contributed by atoms with Gasteiger partial charge in [-0.3, -0.25) is 9.78 Å². The number of anilines is 1. The minimum atomic E-state index is -4.55. The Morgan fingerprint density at radius 1 is 1.11 bits per heavy atom. The maximum Gasteiger partial charge on any atom is 0.417 e. The third-order valence-corrected chi connectivity index (χ3v) is 5.54. The van der Waals surface area contributed by atoms with Gasteiger partial charge in [0.1, 0.15) is 17.5 Å². The summed E-state index contributed by atoms with van der Waals surface area (Å²) in [5, 5.41) is 0.512. The molecule has 1 amide bonds. The molecule has 3 aromatic heterocycles. The van der Waals surface area contributed by atoms with E-state index < -0.39 is 29.5 Å². The first kappa shape index (κ1) is 24.0. The van der Waals surface area contributed by atoms with Crippen LogP contribution in [0.2, 0.25) is 0 Å². The Hall–Kier alpha value is -4.15. The van der Waals surface area contributed by atoms with Crippen molar-refractivity contribution >= 4 is 22.6 Å². The molecule has 0 aliphatic heterocycles. The van der Waals surface area contributed by atoms with Gasteiger partial charge in [-0.1, -0.05) is 0 Å². The smallest absolute Gasteiger partial charge is 0.383 e. The highest BCUT2D eigenvalue weighted by Gasteiger charge is 2.31. The Labute approximate surface area is 197 Å². The van der Waals surface area contributed by atoms with E-state index in [9.17, 15) is 18.0 Å². The van der Waals surface area contributed by atoms with Gasteiger partial charge in [0.05, 0.1) is 34.9 Å². The zero-order chi connectivity index (χ0) is 25.3. The van der Waals surface area contributed by atoms with E-state index in [-0.39, 0.29) is 35.0 Å². The number of aryl methyl sites for hydroxylation is 1. The lowest BCUT2D eigenvalue weighted by molar-refractivity contribution is -0.137. The average molecular weight is 484 g/mol. The van der Waals surface area contributed by atoms with E-state index in [2.05, 4.69) is 19.9 Å². The van der Waals surface area contributed by atoms with E-state index in [0.29, 0.717) is 17.1 Å². The molecule has 0 aliphatic rings. The minimum absolute atomic E-state index is 0.181. The highest BCUT2D eigenvalue weighted by Crippen LogP contribution is 2.30. The predicted molar refractivity (Wildman–Crippen MR) is 120 cm³/mol. The van der Waals surface area contributed by atoms with Crippen LogP contribution in [0.5, 0.6) is 0 Å². The van der Waals surface area contributed by atoms with Gasteiger partial charge in [-0.2, -0.15) is 13.2 Å². The van der Waals surface area contributed by atoms with Crippen molar-refractivity contribution in [3.05, 3.63) is 89.0 Å². The molecule has 7 nitrogen and oxygen atoms in total. The van der Waals surface area contributed by atoms with Gasteiger partial charge in [0.25, 0.3) is 5.91 Å². The van der Waals surface area contributed by atoms with Gasteiger partial charge in [0.15, 0.2) is 0 Å². The molecular formula is C24H20F4N6O. The third kappa shape index (κ3) is 5.03.